The van der Waals surface area contributed by atoms with Gasteiger partial charge in [-0.1, -0.05) is 18.2 Å². The van der Waals surface area contributed by atoms with E-state index in [-0.39, 0.29) is 12.1 Å². The van der Waals surface area contributed by atoms with Gasteiger partial charge in [0.05, 0.1) is 9.83 Å². The smallest absolute Gasteiger partial charge is 0.123 e. The van der Waals surface area contributed by atoms with Crippen LogP contribution < -0.4 is 16.0 Å². The van der Waals surface area contributed by atoms with Gasteiger partial charge in [0.1, 0.15) is 11.9 Å². The monoisotopic (exact) mass is 338 g/mol. The Labute approximate surface area is 124 Å². The number of thiophene rings is 1. The van der Waals surface area contributed by atoms with E-state index < -0.39 is 0 Å². The summed E-state index contributed by atoms with van der Waals surface area (Å²) >= 11 is 5.23. The molecule has 1 aliphatic rings. The first-order valence-corrected chi connectivity index (χ1v) is 7.82. The van der Waals surface area contributed by atoms with E-state index in [1.807, 2.05) is 18.2 Å². The zero-order valence-corrected chi connectivity index (χ0v) is 12.7. The van der Waals surface area contributed by atoms with Gasteiger partial charge in [-0.05, 0) is 39.7 Å². The SMILES string of the molecule is NNC(Cc1ccc(Br)s1)C1Cc2ccccc2O1. The van der Waals surface area contributed by atoms with Crippen LogP contribution in [0.1, 0.15) is 10.4 Å². The van der Waals surface area contributed by atoms with E-state index in [4.69, 9.17) is 10.6 Å². The number of benzene rings is 1. The van der Waals surface area contributed by atoms with Gasteiger partial charge < -0.3 is 4.74 Å². The Morgan fingerprint density at radius 3 is 2.89 bits per heavy atom. The minimum atomic E-state index is 0.100. The molecular formula is C14H15BrN2OS. The van der Waals surface area contributed by atoms with Crippen molar-refractivity contribution in [1.29, 1.82) is 0 Å². The van der Waals surface area contributed by atoms with E-state index in [1.165, 1.54) is 10.4 Å². The van der Waals surface area contributed by atoms with Crippen LogP contribution in [0.25, 0.3) is 0 Å². The van der Waals surface area contributed by atoms with Gasteiger partial charge in [-0.25, -0.2) is 0 Å². The summed E-state index contributed by atoms with van der Waals surface area (Å²) in [5.74, 6) is 6.69. The maximum Gasteiger partial charge on any atom is 0.123 e. The van der Waals surface area contributed by atoms with Crippen molar-refractivity contribution in [2.75, 3.05) is 0 Å². The van der Waals surface area contributed by atoms with Crippen molar-refractivity contribution < 1.29 is 4.74 Å². The molecule has 1 aromatic carbocycles. The van der Waals surface area contributed by atoms with Crippen LogP contribution in [0.4, 0.5) is 0 Å². The number of para-hydroxylation sites is 1. The molecule has 0 fully saturated rings. The number of nitrogens with one attached hydrogen (secondary N) is 1. The number of hydrogen-bond acceptors (Lipinski definition) is 4. The first-order valence-electron chi connectivity index (χ1n) is 6.21. The Kier molecular flexibility index (Phi) is 3.88. The van der Waals surface area contributed by atoms with Crippen LogP contribution in [-0.4, -0.2) is 12.1 Å². The number of nitrogens with two attached hydrogens (primary N) is 1. The molecule has 1 aliphatic heterocycles. The number of hydrogen-bond donors (Lipinski definition) is 2. The van der Waals surface area contributed by atoms with Crippen molar-refractivity contribution in [3.05, 3.63) is 50.6 Å². The van der Waals surface area contributed by atoms with Crippen LogP contribution in [0.15, 0.2) is 40.2 Å². The molecule has 1 aromatic heterocycles. The van der Waals surface area contributed by atoms with E-state index in [0.717, 1.165) is 22.4 Å². The maximum absolute atomic E-state index is 5.99. The highest BCUT2D eigenvalue weighted by atomic mass is 79.9. The molecule has 3 nitrogen and oxygen atoms in total. The molecule has 0 radical (unpaired) electrons. The Bertz CT molecular complexity index is 547. The summed E-state index contributed by atoms with van der Waals surface area (Å²) in [4.78, 5) is 1.30. The fourth-order valence-corrected chi connectivity index (χ4v) is 3.95. The van der Waals surface area contributed by atoms with Gasteiger partial charge in [0.25, 0.3) is 0 Å². The molecule has 2 unspecified atom stereocenters. The van der Waals surface area contributed by atoms with Gasteiger partial charge in [0.2, 0.25) is 0 Å². The fraction of sp³-hybridized carbons (Fsp3) is 0.286. The average molecular weight is 339 g/mol. The Morgan fingerprint density at radius 1 is 1.37 bits per heavy atom. The topological polar surface area (TPSA) is 47.3 Å². The van der Waals surface area contributed by atoms with Crippen molar-refractivity contribution in [2.45, 2.75) is 25.0 Å². The molecule has 0 bridgehead atoms. The van der Waals surface area contributed by atoms with E-state index in [2.05, 4.69) is 39.6 Å². The molecule has 100 valence electrons. The first-order chi connectivity index (χ1) is 9.26. The Hall–Kier alpha value is -0.880. The van der Waals surface area contributed by atoms with Crippen LogP contribution in [0.3, 0.4) is 0 Å². The van der Waals surface area contributed by atoms with Crippen molar-refractivity contribution in [3.63, 3.8) is 0 Å². The second-order valence-electron chi connectivity index (χ2n) is 4.65. The zero-order valence-electron chi connectivity index (χ0n) is 10.3. The van der Waals surface area contributed by atoms with Crippen molar-refractivity contribution >= 4 is 27.3 Å². The van der Waals surface area contributed by atoms with Gasteiger partial charge in [0.15, 0.2) is 0 Å². The lowest BCUT2D eigenvalue weighted by molar-refractivity contribution is 0.178. The number of hydrazine groups is 1. The van der Waals surface area contributed by atoms with Crippen LogP contribution in [0.2, 0.25) is 0 Å². The highest BCUT2D eigenvalue weighted by Gasteiger charge is 2.29. The third-order valence-corrected chi connectivity index (χ3v) is 5.03. The molecule has 0 amide bonds. The fourth-order valence-electron chi connectivity index (χ4n) is 2.41. The minimum absolute atomic E-state index is 0.100. The second kappa shape index (κ2) is 5.63. The molecule has 0 aliphatic carbocycles. The van der Waals surface area contributed by atoms with Gasteiger partial charge in [-0.2, -0.15) is 0 Å². The standard InChI is InChI=1S/C14H15BrN2OS/c15-14-6-5-10(19-14)8-11(17-16)13-7-9-3-1-2-4-12(9)18-13/h1-6,11,13,17H,7-8,16H2. The molecule has 3 rings (SSSR count). The van der Waals surface area contributed by atoms with Gasteiger partial charge in [-0.15, -0.1) is 11.3 Å². The molecule has 19 heavy (non-hydrogen) atoms. The van der Waals surface area contributed by atoms with Crippen LogP contribution in [-0.2, 0) is 12.8 Å². The largest absolute Gasteiger partial charge is 0.488 e. The van der Waals surface area contributed by atoms with E-state index in [1.54, 1.807) is 11.3 Å². The maximum atomic E-state index is 5.99. The lowest BCUT2D eigenvalue weighted by Gasteiger charge is -2.21. The molecule has 0 saturated heterocycles. The normalized spacial score (nSPS) is 18.9. The van der Waals surface area contributed by atoms with Gasteiger partial charge in [0, 0.05) is 17.7 Å². The number of halogens is 1. The van der Waals surface area contributed by atoms with Crippen molar-refractivity contribution in [1.82, 2.24) is 5.43 Å². The lowest BCUT2D eigenvalue weighted by atomic mass is 10.0. The number of ether oxygens (including phenoxy) is 1. The summed E-state index contributed by atoms with van der Waals surface area (Å²) in [5.41, 5.74) is 4.17. The molecule has 3 N–H and O–H groups in total. The molecule has 0 spiro atoms. The van der Waals surface area contributed by atoms with E-state index in [0.29, 0.717) is 0 Å². The molecule has 2 aromatic rings. The predicted molar refractivity (Wildman–Crippen MR) is 81.4 cm³/mol. The highest BCUT2D eigenvalue weighted by molar-refractivity contribution is 9.11. The van der Waals surface area contributed by atoms with Crippen LogP contribution in [0.5, 0.6) is 5.75 Å². The molecule has 5 heteroatoms. The van der Waals surface area contributed by atoms with E-state index in [9.17, 15) is 0 Å². The van der Waals surface area contributed by atoms with Crippen molar-refractivity contribution in [3.8, 4) is 5.75 Å². The minimum Gasteiger partial charge on any atom is -0.488 e. The molecule has 2 atom stereocenters. The molecule has 0 saturated carbocycles. The average Bonchev–Trinajstić information content (AvgIpc) is 3.01. The van der Waals surface area contributed by atoms with Crippen LogP contribution >= 0.6 is 27.3 Å². The summed E-state index contributed by atoms with van der Waals surface area (Å²) in [6.07, 6.45) is 1.89. The highest BCUT2D eigenvalue weighted by Crippen LogP contribution is 2.31. The van der Waals surface area contributed by atoms with Crippen molar-refractivity contribution in [2.24, 2.45) is 5.84 Å². The Morgan fingerprint density at radius 2 is 2.21 bits per heavy atom. The van der Waals surface area contributed by atoms with E-state index >= 15 is 0 Å². The number of rotatable bonds is 4. The third-order valence-electron chi connectivity index (χ3n) is 3.38. The Balaban J connectivity index is 1.71. The van der Waals surface area contributed by atoms with Gasteiger partial charge in [-0.3, -0.25) is 11.3 Å². The second-order valence-corrected chi connectivity index (χ2v) is 7.20. The summed E-state index contributed by atoms with van der Waals surface area (Å²) < 4.78 is 7.14. The molecule has 2 heterocycles. The molecular weight excluding hydrogens is 324 g/mol. The third kappa shape index (κ3) is 2.84. The van der Waals surface area contributed by atoms with Gasteiger partial charge >= 0.3 is 0 Å². The quantitative estimate of drug-likeness (QED) is 0.665. The predicted octanol–water partition coefficient (Wildman–Crippen LogP) is 2.89. The zero-order chi connectivity index (χ0) is 13.2. The first kappa shape index (κ1) is 13.1. The summed E-state index contributed by atoms with van der Waals surface area (Å²) in [6.45, 7) is 0. The number of fused-ring (bicyclic) bond motifs is 1. The summed E-state index contributed by atoms with van der Waals surface area (Å²) in [6, 6.07) is 12.5. The lowest BCUT2D eigenvalue weighted by Crippen LogP contribution is -2.47. The van der Waals surface area contributed by atoms with Crippen LogP contribution in [0, 0.1) is 0 Å². The summed E-state index contributed by atoms with van der Waals surface area (Å²) in [7, 11) is 0. The summed E-state index contributed by atoms with van der Waals surface area (Å²) in [5, 5.41) is 0.